The monoisotopic (exact) mass is 574 g/mol. The molecule has 2 aromatic carbocycles. The Balaban J connectivity index is 0.963. The second kappa shape index (κ2) is 12.6. The first-order chi connectivity index (χ1) is 20.4. The summed E-state index contributed by atoms with van der Waals surface area (Å²) in [6.45, 7) is 5.05. The summed E-state index contributed by atoms with van der Waals surface area (Å²) in [4.78, 5) is 31.8. The Morgan fingerprint density at radius 2 is 2.02 bits per heavy atom. The van der Waals surface area contributed by atoms with Crippen LogP contribution in [0.15, 0.2) is 53.3 Å². The zero-order valence-corrected chi connectivity index (χ0v) is 23.9. The quantitative estimate of drug-likeness (QED) is 0.356. The van der Waals surface area contributed by atoms with E-state index in [-0.39, 0.29) is 30.4 Å². The van der Waals surface area contributed by atoms with Gasteiger partial charge in [0.05, 0.1) is 37.5 Å². The lowest BCUT2D eigenvalue weighted by Crippen LogP contribution is -2.49. The van der Waals surface area contributed by atoms with Gasteiger partial charge in [-0.3, -0.25) is 9.59 Å². The van der Waals surface area contributed by atoms with E-state index in [1.807, 2.05) is 42.2 Å². The molecule has 4 atom stereocenters. The first kappa shape index (κ1) is 28.4. The van der Waals surface area contributed by atoms with E-state index in [1.165, 1.54) is 6.39 Å². The Morgan fingerprint density at radius 1 is 1.17 bits per heavy atom. The molecule has 222 valence electrons. The van der Waals surface area contributed by atoms with E-state index in [9.17, 15) is 14.7 Å². The fourth-order valence-corrected chi connectivity index (χ4v) is 6.07. The predicted octanol–water partition coefficient (Wildman–Crippen LogP) is 2.55. The molecule has 2 bridgehead atoms. The molecule has 0 aliphatic carbocycles. The summed E-state index contributed by atoms with van der Waals surface area (Å²) in [5.74, 6) is 1.74. The summed E-state index contributed by atoms with van der Waals surface area (Å²) >= 11 is 0. The van der Waals surface area contributed by atoms with Crippen LogP contribution in [0.1, 0.15) is 51.3 Å². The van der Waals surface area contributed by atoms with Crippen molar-refractivity contribution in [2.45, 2.75) is 63.9 Å². The van der Waals surface area contributed by atoms with Crippen LogP contribution in [-0.2, 0) is 35.5 Å². The third-order valence-corrected chi connectivity index (χ3v) is 8.68. The number of nitrogens with zero attached hydrogens (tertiary/aromatic N) is 2. The predicted molar refractivity (Wildman–Crippen MR) is 154 cm³/mol. The maximum atomic E-state index is 13.0. The number of carbonyl (C=O) groups is 2. The van der Waals surface area contributed by atoms with Crippen LogP contribution in [-0.4, -0.2) is 71.3 Å². The molecule has 10 nitrogen and oxygen atoms in total. The number of ether oxygens (including phenoxy) is 2. The molecule has 2 amide bonds. The van der Waals surface area contributed by atoms with Gasteiger partial charge in [-0.05, 0) is 73.1 Å². The number of nitrogens with one attached hydrogen (secondary N) is 2. The highest BCUT2D eigenvalue weighted by Gasteiger charge is 2.34. The maximum absolute atomic E-state index is 13.0. The first-order valence-corrected chi connectivity index (χ1v) is 14.7. The maximum Gasteiger partial charge on any atom is 0.251 e. The van der Waals surface area contributed by atoms with Crippen molar-refractivity contribution in [3.63, 3.8) is 0 Å². The molecule has 1 aromatic heterocycles. The summed E-state index contributed by atoms with van der Waals surface area (Å²) < 4.78 is 16.9. The van der Waals surface area contributed by atoms with Gasteiger partial charge in [-0.1, -0.05) is 18.2 Å². The van der Waals surface area contributed by atoms with E-state index in [4.69, 9.17) is 13.9 Å². The van der Waals surface area contributed by atoms with E-state index in [0.717, 1.165) is 54.1 Å². The first-order valence-electron chi connectivity index (χ1n) is 14.7. The van der Waals surface area contributed by atoms with Gasteiger partial charge in [0.1, 0.15) is 12.4 Å². The standard InChI is InChI=1S/C32H38N4O6/c1-20-30(42-19-35-20)18-41-27-9-7-24-12-28(33-13-25(24)11-27)29(37)14-34-32(39)23-5-2-21(3-6-23)10-31(38)36-15-22-4-8-26(36)17-40-16-22/h2-3,5-7,9,11,19,22,26,28-29,33,37H,4,8,10,12-18H2,1H3,(H,34,39)/t22?,26?,28-,29+/m0/s1. The molecule has 5 heterocycles. The molecule has 0 radical (unpaired) electrons. The number of oxazole rings is 1. The minimum atomic E-state index is -0.753. The molecule has 2 unspecified atom stereocenters. The highest BCUT2D eigenvalue weighted by Crippen LogP contribution is 2.27. The number of fused-ring (bicyclic) bond motifs is 5. The number of hydrogen-bond donors (Lipinski definition) is 3. The molecule has 3 fully saturated rings. The van der Waals surface area contributed by atoms with Gasteiger partial charge < -0.3 is 34.5 Å². The van der Waals surface area contributed by atoms with Crippen LogP contribution in [0.25, 0.3) is 0 Å². The fourth-order valence-electron chi connectivity index (χ4n) is 6.07. The van der Waals surface area contributed by atoms with E-state index >= 15 is 0 Å². The molecule has 3 N–H and O–H groups in total. The van der Waals surface area contributed by atoms with E-state index in [0.29, 0.717) is 49.8 Å². The van der Waals surface area contributed by atoms with E-state index < -0.39 is 6.10 Å². The number of piperidine rings is 1. The number of amides is 2. The Labute approximate surface area is 245 Å². The van der Waals surface area contributed by atoms with Crippen molar-refractivity contribution in [1.82, 2.24) is 20.5 Å². The van der Waals surface area contributed by atoms with Gasteiger partial charge in [-0.15, -0.1) is 0 Å². The highest BCUT2D eigenvalue weighted by atomic mass is 16.5. The number of aryl methyl sites for hydroxylation is 1. The van der Waals surface area contributed by atoms with Crippen molar-refractivity contribution in [2.75, 3.05) is 26.3 Å². The molecular formula is C32H38N4O6. The SMILES string of the molecule is Cc1ncoc1COc1ccc2c(c1)CN[C@H]([C@H](O)CNC(=O)c1ccc(CC(=O)N3CC4CCC3COC4)cc1)C2. The minimum absolute atomic E-state index is 0.113. The Bertz CT molecular complexity index is 1400. The number of aliphatic hydroxyl groups excluding tert-OH is 1. The van der Waals surface area contributed by atoms with Crippen molar-refractivity contribution in [3.8, 4) is 5.75 Å². The van der Waals surface area contributed by atoms with Crippen molar-refractivity contribution in [3.05, 3.63) is 82.6 Å². The molecule has 3 aromatic rings. The lowest BCUT2D eigenvalue weighted by molar-refractivity contribution is -0.134. The van der Waals surface area contributed by atoms with Crippen molar-refractivity contribution in [1.29, 1.82) is 0 Å². The van der Waals surface area contributed by atoms with E-state index in [1.54, 1.807) is 12.1 Å². The largest absolute Gasteiger partial charge is 0.486 e. The lowest BCUT2D eigenvalue weighted by atomic mass is 9.92. The summed E-state index contributed by atoms with van der Waals surface area (Å²) in [7, 11) is 0. The third kappa shape index (κ3) is 6.51. The van der Waals surface area contributed by atoms with E-state index in [2.05, 4.69) is 15.6 Å². The third-order valence-electron chi connectivity index (χ3n) is 8.68. The van der Waals surface area contributed by atoms with Crippen molar-refractivity contribution < 1.29 is 28.6 Å². The zero-order chi connectivity index (χ0) is 29.1. The number of benzene rings is 2. The van der Waals surface area contributed by atoms with Crippen molar-refractivity contribution >= 4 is 11.8 Å². The molecule has 0 saturated carbocycles. The fraction of sp³-hybridized carbons (Fsp3) is 0.469. The second-order valence-electron chi connectivity index (χ2n) is 11.6. The Morgan fingerprint density at radius 3 is 2.83 bits per heavy atom. The van der Waals surface area contributed by atoms with Gasteiger partial charge >= 0.3 is 0 Å². The molecule has 4 aliphatic rings. The summed E-state index contributed by atoms with van der Waals surface area (Å²) in [5, 5.41) is 17.1. The van der Waals surface area contributed by atoms with Gasteiger partial charge in [-0.2, -0.15) is 0 Å². The zero-order valence-electron chi connectivity index (χ0n) is 23.9. The number of aromatic nitrogens is 1. The van der Waals surface area contributed by atoms with Gasteiger partial charge in [0, 0.05) is 31.2 Å². The normalized spacial score (nSPS) is 22.2. The number of hydrogen-bond acceptors (Lipinski definition) is 8. The molecule has 7 rings (SSSR count). The van der Waals surface area contributed by atoms with Crippen LogP contribution < -0.4 is 15.4 Å². The molecule has 3 saturated heterocycles. The van der Waals surface area contributed by atoms with Crippen LogP contribution in [0.4, 0.5) is 0 Å². The van der Waals surface area contributed by atoms with Gasteiger partial charge in [0.25, 0.3) is 5.91 Å². The Kier molecular flexibility index (Phi) is 8.55. The van der Waals surface area contributed by atoms with Crippen molar-refractivity contribution in [2.24, 2.45) is 5.92 Å². The number of rotatable bonds is 9. The van der Waals surface area contributed by atoms with Crippen LogP contribution >= 0.6 is 0 Å². The molecule has 42 heavy (non-hydrogen) atoms. The molecule has 0 spiro atoms. The van der Waals surface area contributed by atoms with Gasteiger partial charge in [0.15, 0.2) is 12.2 Å². The average molecular weight is 575 g/mol. The smallest absolute Gasteiger partial charge is 0.251 e. The Hall–Kier alpha value is -3.73. The van der Waals surface area contributed by atoms with Crippen LogP contribution in [0, 0.1) is 12.8 Å². The topological polar surface area (TPSA) is 126 Å². The van der Waals surface area contributed by atoms with Crippen LogP contribution in [0.5, 0.6) is 5.75 Å². The van der Waals surface area contributed by atoms with Crippen LogP contribution in [0.2, 0.25) is 0 Å². The molecule has 10 heteroatoms. The summed E-state index contributed by atoms with van der Waals surface area (Å²) in [6, 6.07) is 13.1. The highest BCUT2D eigenvalue weighted by molar-refractivity contribution is 5.94. The average Bonchev–Trinajstić information content (AvgIpc) is 3.18. The molecule has 4 aliphatic heterocycles. The molecular weight excluding hydrogens is 536 g/mol. The number of carbonyl (C=O) groups excluding carboxylic acids is 2. The minimum Gasteiger partial charge on any atom is -0.486 e. The van der Waals surface area contributed by atoms with Gasteiger partial charge in [0.2, 0.25) is 5.91 Å². The van der Waals surface area contributed by atoms with Crippen LogP contribution in [0.3, 0.4) is 0 Å². The number of aliphatic hydroxyl groups is 1. The van der Waals surface area contributed by atoms with Gasteiger partial charge in [-0.25, -0.2) is 4.98 Å². The summed E-state index contributed by atoms with van der Waals surface area (Å²) in [5.41, 5.74) is 4.44. The summed E-state index contributed by atoms with van der Waals surface area (Å²) in [6.07, 6.45) is 3.74. The second-order valence-corrected chi connectivity index (χ2v) is 11.6. The lowest BCUT2D eigenvalue weighted by Gasteiger charge is -2.35.